The number of amides is 6. The molecule has 0 radical (unpaired) electrons. The SMILES string of the molecule is CC[C@@H](C)[C@@H](NC(=O)[C@@H](Cc1c[nH]c2ccccc12)NC(=O)[C@H](NC(=O)[C@H](NC(=O)[C@@H](CCCCN)NC(=O)[C@@H](CC(C)C)NC(=O)[C@H](N)[C@H](C)O)[C@H](C)CC)C(C)C)C(=O)O. The van der Waals surface area contributed by atoms with Gasteiger partial charge in [0, 0.05) is 23.5 Å². The molecule has 10 atom stereocenters. The van der Waals surface area contributed by atoms with Gasteiger partial charge in [-0.15, -0.1) is 0 Å². The fourth-order valence-electron chi connectivity index (χ4n) is 6.89. The summed E-state index contributed by atoms with van der Waals surface area (Å²) in [5, 5.41) is 36.9. The Morgan fingerprint density at radius 3 is 1.74 bits per heavy atom. The minimum absolute atomic E-state index is 0.00504. The van der Waals surface area contributed by atoms with Gasteiger partial charge < -0.3 is 58.6 Å². The third-order valence-electron chi connectivity index (χ3n) is 11.3. The Bertz CT molecular complexity index is 1800. The summed E-state index contributed by atoms with van der Waals surface area (Å²) in [5.41, 5.74) is 13.1. The average Bonchev–Trinajstić information content (AvgIpc) is 3.63. The first-order valence-electron chi connectivity index (χ1n) is 21.9. The number of aromatic nitrogens is 1. The second-order valence-electron chi connectivity index (χ2n) is 17.2. The molecule has 348 valence electrons. The van der Waals surface area contributed by atoms with E-state index in [1.54, 1.807) is 33.9 Å². The first-order valence-corrected chi connectivity index (χ1v) is 21.9. The van der Waals surface area contributed by atoms with Crippen molar-refractivity contribution in [1.29, 1.82) is 0 Å². The van der Waals surface area contributed by atoms with Crippen molar-refractivity contribution in [3.63, 3.8) is 0 Å². The van der Waals surface area contributed by atoms with Crippen molar-refractivity contribution >= 4 is 52.3 Å². The van der Waals surface area contributed by atoms with Crippen LogP contribution in [0.2, 0.25) is 0 Å². The zero-order valence-electron chi connectivity index (χ0n) is 37.9. The Labute approximate surface area is 365 Å². The molecule has 0 aliphatic carbocycles. The van der Waals surface area contributed by atoms with Crippen molar-refractivity contribution < 1.29 is 43.8 Å². The Balaban J connectivity index is 2.41. The minimum Gasteiger partial charge on any atom is -0.480 e. The van der Waals surface area contributed by atoms with E-state index in [-0.39, 0.29) is 25.2 Å². The van der Waals surface area contributed by atoms with Crippen LogP contribution in [0, 0.1) is 23.7 Å². The monoisotopic (exact) mass is 872 g/mol. The predicted molar refractivity (Wildman–Crippen MR) is 237 cm³/mol. The van der Waals surface area contributed by atoms with Crippen LogP contribution in [-0.2, 0) is 40.0 Å². The van der Waals surface area contributed by atoms with Crippen LogP contribution in [-0.4, -0.2) is 112 Å². The summed E-state index contributed by atoms with van der Waals surface area (Å²) in [6.45, 7) is 15.9. The van der Waals surface area contributed by atoms with Crippen LogP contribution < -0.4 is 43.4 Å². The lowest BCUT2D eigenvalue weighted by atomic mass is 9.95. The number of aliphatic carboxylic acids is 1. The summed E-state index contributed by atoms with van der Waals surface area (Å²) in [7, 11) is 0. The van der Waals surface area contributed by atoms with Crippen LogP contribution in [0.25, 0.3) is 10.9 Å². The highest BCUT2D eigenvalue weighted by Crippen LogP contribution is 2.20. The molecule has 0 aliphatic heterocycles. The lowest BCUT2D eigenvalue weighted by Gasteiger charge is -2.31. The number of carboxylic acid groups (broad SMARTS) is 1. The van der Waals surface area contributed by atoms with Gasteiger partial charge in [0.05, 0.1) is 6.10 Å². The maximum atomic E-state index is 14.2. The number of rotatable bonds is 27. The molecule has 1 heterocycles. The van der Waals surface area contributed by atoms with Gasteiger partial charge in [-0.2, -0.15) is 0 Å². The predicted octanol–water partition coefficient (Wildman–Crippen LogP) is 1.34. The summed E-state index contributed by atoms with van der Waals surface area (Å²) < 4.78 is 0. The van der Waals surface area contributed by atoms with E-state index in [2.05, 4.69) is 36.9 Å². The van der Waals surface area contributed by atoms with Crippen LogP contribution in [0.5, 0.6) is 0 Å². The number of carbonyl (C=O) groups excluding carboxylic acids is 6. The van der Waals surface area contributed by atoms with Gasteiger partial charge in [-0.05, 0) is 74.5 Å². The van der Waals surface area contributed by atoms with Gasteiger partial charge in [-0.1, -0.05) is 86.4 Å². The number of H-pyrrole nitrogens is 1. The number of para-hydroxylation sites is 1. The van der Waals surface area contributed by atoms with E-state index >= 15 is 0 Å². The highest BCUT2D eigenvalue weighted by molar-refractivity contribution is 5.97. The average molecular weight is 872 g/mol. The molecule has 0 aliphatic rings. The molecule has 0 bridgehead atoms. The number of aromatic amines is 1. The van der Waals surface area contributed by atoms with Crippen molar-refractivity contribution in [2.75, 3.05) is 6.54 Å². The number of hydrogen-bond donors (Lipinski definition) is 11. The molecule has 0 saturated carbocycles. The zero-order chi connectivity index (χ0) is 46.8. The summed E-state index contributed by atoms with van der Waals surface area (Å²) >= 11 is 0. The molecule has 0 unspecified atom stereocenters. The van der Waals surface area contributed by atoms with Crippen LogP contribution in [0.15, 0.2) is 30.5 Å². The van der Waals surface area contributed by atoms with Gasteiger partial charge in [0.2, 0.25) is 35.4 Å². The number of hydrogen-bond acceptors (Lipinski definition) is 10. The third kappa shape index (κ3) is 16.0. The van der Waals surface area contributed by atoms with Gasteiger partial charge in [-0.3, -0.25) is 28.8 Å². The Hall–Kier alpha value is -5.07. The summed E-state index contributed by atoms with van der Waals surface area (Å²) in [4.78, 5) is 98.1. The first-order chi connectivity index (χ1) is 29.2. The molecule has 18 heteroatoms. The molecule has 1 aromatic carbocycles. The number of carboxylic acids is 1. The molecule has 62 heavy (non-hydrogen) atoms. The molecule has 2 aromatic rings. The Morgan fingerprint density at radius 1 is 0.661 bits per heavy atom. The van der Waals surface area contributed by atoms with Crippen molar-refractivity contribution in [2.45, 2.75) is 156 Å². The maximum absolute atomic E-state index is 14.2. The summed E-state index contributed by atoms with van der Waals surface area (Å²) in [6, 6.07) is -0.888. The summed E-state index contributed by atoms with van der Waals surface area (Å²) in [5.74, 6) is -6.75. The number of aliphatic hydroxyl groups is 1. The molecule has 6 amide bonds. The smallest absolute Gasteiger partial charge is 0.326 e. The van der Waals surface area contributed by atoms with Crippen molar-refractivity contribution in [3.05, 3.63) is 36.0 Å². The maximum Gasteiger partial charge on any atom is 0.326 e. The van der Waals surface area contributed by atoms with Crippen LogP contribution in [0.3, 0.4) is 0 Å². The number of unbranched alkanes of at least 4 members (excludes halogenated alkanes) is 1. The van der Waals surface area contributed by atoms with Gasteiger partial charge in [0.15, 0.2) is 0 Å². The van der Waals surface area contributed by atoms with E-state index in [9.17, 15) is 43.8 Å². The second-order valence-corrected chi connectivity index (χ2v) is 17.2. The lowest BCUT2D eigenvalue weighted by Crippen LogP contribution is -2.62. The molecule has 2 rings (SSSR count). The molecule has 0 saturated heterocycles. The van der Waals surface area contributed by atoms with Gasteiger partial charge in [0.1, 0.15) is 42.3 Å². The van der Waals surface area contributed by atoms with E-state index in [0.717, 1.165) is 10.9 Å². The number of aliphatic hydroxyl groups excluding tert-OH is 1. The number of benzene rings is 1. The molecular formula is C44H73N9O9. The van der Waals surface area contributed by atoms with E-state index in [4.69, 9.17) is 11.5 Å². The lowest BCUT2D eigenvalue weighted by molar-refractivity contribution is -0.144. The van der Waals surface area contributed by atoms with E-state index in [0.29, 0.717) is 37.8 Å². The van der Waals surface area contributed by atoms with Crippen LogP contribution in [0.1, 0.15) is 106 Å². The standard InChI is InChI=1S/C44H73N9O9/c1-10-25(7)36(52-38(55)31(18-14-15-19-45)48-39(56)32(20-23(3)4)49-41(58)34(46)27(9)54)43(60)51-35(24(5)6)42(59)50-33(40(57)53-37(44(61)62)26(8)11-2)21-28-22-47-30-17-13-12-16-29(28)30/h12-13,16-17,22-27,31-37,47,54H,10-11,14-15,18-21,45-46H2,1-9H3,(H,48,56)(H,49,58)(H,50,59)(H,51,60)(H,52,55)(H,53,57)(H,61,62)/t25-,26-,27+,31-,32-,33-,34-,35-,36-,37-/m1/s1. The normalized spacial score (nSPS) is 16.4. The quantitative estimate of drug-likeness (QED) is 0.0570. The minimum atomic E-state index is -1.28. The van der Waals surface area contributed by atoms with E-state index in [1.165, 1.54) is 6.92 Å². The summed E-state index contributed by atoms with van der Waals surface area (Å²) in [6.07, 6.45) is 2.85. The molecule has 0 spiro atoms. The van der Waals surface area contributed by atoms with Gasteiger partial charge >= 0.3 is 5.97 Å². The molecule has 1 aromatic heterocycles. The Kier molecular flexibility index (Phi) is 22.1. The van der Waals surface area contributed by atoms with E-state index in [1.807, 2.05) is 52.0 Å². The number of nitrogens with two attached hydrogens (primary N) is 2. The molecular weight excluding hydrogens is 799 g/mol. The molecule has 0 fully saturated rings. The highest BCUT2D eigenvalue weighted by Gasteiger charge is 2.37. The topological polar surface area (TPSA) is 300 Å². The highest BCUT2D eigenvalue weighted by atomic mass is 16.4. The third-order valence-corrected chi connectivity index (χ3v) is 11.3. The number of fused-ring (bicyclic) bond motifs is 1. The zero-order valence-corrected chi connectivity index (χ0v) is 37.9. The molecule has 13 N–H and O–H groups in total. The molecule has 18 nitrogen and oxygen atoms in total. The van der Waals surface area contributed by atoms with Gasteiger partial charge in [-0.25, -0.2) is 4.79 Å². The van der Waals surface area contributed by atoms with E-state index < -0.39 is 108 Å². The number of nitrogens with one attached hydrogen (secondary N) is 7. The van der Waals surface area contributed by atoms with Gasteiger partial charge in [0.25, 0.3) is 0 Å². The number of carbonyl (C=O) groups is 7. The van der Waals surface area contributed by atoms with Crippen LogP contribution >= 0.6 is 0 Å². The van der Waals surface area contributed by atoms with Crippen molar-refractivity contribution in [1.82, 2.24) is 36.9 Å². The fourth-order valence-corrected chi connectivity index (χ4v) is 6.89. The fraction of sp³-hybridized carbons (Fsp3) is 0.659. The van der Waals surface area contributed by atoms with Crippen molar-refractivity contribution in [2.24, 2.45) is 35.1 Å². The Morgan fingerprint density at radius 2 is 1.18 bits per heavy atom. The second kappa shape index (κ2) is 25.8. The van der Waals surface area contributed by atoms with Crippen molar-refractivity contribution in [3.8, 4) is 0 Å². The van der Waals surface area contributed by atoms with Crippen LogP contribution in [0.4, 0.5) is 0 Å². The first kappa shape index (κ1) is 53.1. The largest absolute Gasteiger partial charge is 0.480 e.